The summed E-state index contributed by atoms with van der Waals surface area (Å²) in [5.41, 5.74) is -2.05. The molecule has 84 valence electrons. The minimum atomic E-state index is -1.40. The van der Waals surface area contributed by atoms with Crippen LogP contribution >= 0.6 is 0 Å². The SMILES string of the molecule is CC(C)(C)OC(=O)C1(C(=O)O)CC=CC1. The minimum absolute atomic E-state index is 0.219. The third kappa shape index (κ3) is 2.37. The Hall–Kier alpha value is -1.32. The molecule has 1 rings (SSSR count). The van der Waals surface area contributed by atoms with E-state index in [1.807, 2.05) is 0 Å². The Bertz CT molecular complexity index is 301. The van der Waals surface area contributed by atoms with Gasteiger partial charge in [-0.15, -0.1) is 0 Å². The second kappa shape index (κ2) is 3.68. The number of hydrogen-bond acceptors (Lipinski definition) is 3. The maximum absolute atomic E-state index is 11.8. The van der Waals surface area contributed by atoms with Crippen LogP contribution in [0.4, 0.5) is 0 Å². The standard InChI is InChI=1S/C11H16O4/c1-10(2,3)15-9(14)11(8(12)13)6-4-5-7-11/h4-5H,6-7H2,1-3H3,(H,12,13). The summed E-state index contributed by atoms with van der Waals surface area (Å²) in [4.78, 5) is 22.9. The zero-order valence-corrected chi connectivity index (χ0v) is 9.24. The van der Waals surface area contributed by atoms with E-state index in [1.165, 1.54) is 0 Å². The first-order chi connectivity index (χ1) is 6.78. The molecular formula is C11H16O4. The fourth-order valence-corrected chi connectivity index (χ4v) is 1.46. The van der Waals surface area contributed by atoms with Crippen LogP contribution in [0.25, 0.3) is 0 Å². The molecule has 0 aromatic rings. The number of hydrogen-bond donors (Lipinski definition) is 1. The lowest BCUT2D eigenvalue weighted by molar-refractivity contribution is -0.175. The van der Waals surface area contributed by atoms with Crippen LogP contribution in [0.15, 0.2) is 12.2 Å². The topological polar surface area (TPSA) is 63.6 Å². The fourth-order valence-electron chi connectivity index (χ4n) is 1.46. The molecule has 0 aromatic carbocycles. The molecule has 0 saturated carbocycles. The molecule has 0 spiro atoms. The molecule has 0 saturated heterocycles. The highest BCUT2D eigenvalue weighted by Gasteiger charge is 2.49. The molecule has 0 aromatic heterocycles. The van der Waals surface area contributed by atoms with Crippen molar-refractivity contribution in [1.82, 2.24) is 0 Å². The van der Waals surface area contributed by atoms with Gasteiger partial charge in [0.1, 0.15) is 5.60 Å². The van der Waals surface area contributed by atoms with Crippen molar-refractivity contribution >= 4 is 11.9 Å². The number of carbonyl (C=O) groups excluding carboxylic acids is 1. The molecule has 0 amide bonds. The van der Waals surface area contributed by atoms with Crippen LogP contribution < -0.4 is 0 Å². The van der Waals surface area contributed by atoms with E-state index in [9.17, 15) is 9.59 Å². The summed E-state index contributed by atoms with van der Waals surface area (Å²) in [6.45, 7) is 5.18. The van der Waals surface area contributed by atoms with E-state index in [0.717, 1.165) is 0 Å². The second-order valence-corrected chi connectivity index (χ2v) is 4.77. The molecule has 0 heterocycles. The van der Waals surface area contributed by atoms with Gasteiger partial charge in [0.05, 0.1) is 0 Å². The van der Waals surface area contributed by atoms with E-state index >= 15 is 0 Å². The summed E-state index contributed by atoms with van der Waals surface area (Å²) >= 11 is 0. The molecule has 1 N–H and O–H groups in total. The van der Waals surface area contributed by atoms with Gasteiger partial charge in [0.15, 0.2) is 5.41 Å². The number of rotatable bonds is 2. The number of allylic oxidation sites excluding steroid dienone is 2. The van der Waals surface area contributed by atoms with Crippen LogP contribution in [0.5, 0.6) is 0 Å². The Kier molecular flexibility index (Phi) is 2.88. The lowest BCUT2D eigenvalue weighted by Gasteiger charge is -2.27. The van der Waals surface area contributed by atoms with Crippen molar-refractivity contribution in [3.63, 3.8) is 0 Å². The maximum atomic E-state index is 11.8. The zero-order chi connectivity index (χ0) is 11.7. The molecule has 0 atom stereocenters. The summed E-state index contributed by atoms with van der Waals surface area (Å²) in [6, 6.07) is 0. The van der Waals surface area contributed by atoms with Gasteiger partial charge in [0.2, 0.25) is 0 Å². The summed E-state index contributed by atoms with van der Waals surface area (Å²) < 4.78 is 5.13. The van der Waals surface area contributed by atoms with Gasteiger partial charge in [-0.3, -0.25) is 9.59 Å². The van der Waals surface area contributed by atoms with Gasteiger partial charge in [0, 0.05) is 0 Å². The first-order valence-electron chi connectivity index (χ1n) is 4.90. The van der Waals surface area contributed by atoms with Gasteiger partial charge in [0.25, 0.3) is 0 Å². The highest BCUT2D eigenvalue weighted by molar-refractivity contribution is 6.00. The molecule has 0 bridgehead atoms. The Morgan fingerprint density at radius 2 is 1.73 bits per heavy atom. The predicted octanol–water partition coefficient (Wildman–Crippen LogP) is 1.75. The average molecular weight is 212 g/mol. The van der Waals surface area contributed by atoms with Gasteiger partial charge in [-0.25, -0.2) is 0 Å². The number of ether oxygens (including phenoxy) is 1. The van der Waals surface area contributed by atoms with Crippen molar-refractivity contribution in [1.29, 1.82) is 0 Å². The number of esters is 1. The molecule has 0 aliphatic heterocycles. The van der Waals surface area contributed by atoms with Gasteiger partial charge < -0.3 is 9.84 Å². The quantitative estimate of drug-likeness (QED) is 0.430. The van der Waals surface area contributed by atoms with Gasteiger partial charge >= 0.3 is 11.9 Å². The summed E-state index contributed by atoms with van der Waals surface area (Å²) in [7, 11) is 0. The van der Waals surface area contributed by atoms with Crippen LogP contribution in [0, 0.1) is 5.41 Å². The number of carboxylic acid groups (broad SMARTS) is 1. The molecule has 4 heteroatoms. The Morgan fingerprint density at radius 1 is 1.27 bits per heavy atom. The minimum Gasteiger partial charge on any atom is -0.480 e. The monoisotopic (exact) mass is 212 g/mol. The Labute approximate surface area is 88.9 Å². The number of carboxylic acids is 1. The Balaban J connectivity index is 2.83. The van der Waals surface area contributed by atoms with Crippen molar-refractivity contribution in [2.75, 3.05) is 0 Å². The van der Waals surface area contributed by atoms with Crippen LogP contribution in [-0.4, -0.2) is 22.6 Å². The maximum Gasteiger partial charge on any atom is 0.324 e. The average Bonchev–Trinajstić information content (AvgIpc) is 2.48. The molecule has 0 fully saturated rings. The molecule has 0 radical (unpaired) electrons. The number of aliphatic carboxylic acids is 1. The first-order valence-corrected chi connectivity index (χ1v) is 4.90. The van der Waals surface area contributed by atoms with Gasteiger partial charge in [-0.1, -0.05) is 12.2 Å². The fraction of sp³-hybridized carbons (Fsp3) is 0.636. The van der Waals surface area contributed by atoms with E-state index in [4.69, 9.17) is 9.84 Å². The molecular weight excluding hydrogens is 196 g/mol. The molecule has 4 nitrogen and oxygen atoms in total. The normalized spacial score (nSPS) is 18.9. The lowest BCUT2D eigenvalue weighted by Crippen LogP contribution is -2.41. The zero-order valence-electron chi connectivity index (χ0n) is 9.24. The highest BCUT2D eigenvalue weighted by atomic mass is 16.6. The number of carbonyl (C=O) groups is 2. The molecule has 1 aliphatic carbocycles. The van der Waals surface area contributed by atoms with Crippen LogP contribution in [0.3, 0.4) is 0 Å². The van der Waals surface area contributed by atoms with Gasteiger partial charge in [-0.05, 0) is 33.6 Å². The Morgan fingerprint density at radius 3 is 2.07 bits per heavy atom. The highest BCUT2D eigenvalue weighted by Crippen LogP contribution is 2.36. The predicted molar refractivity (Wildman–Crippen MR) is 54.3 cm³/mol. The molecule has 0 unspecified atom stereocenters. The third-order valence-corrected chi connectivity index (χ3v) is 2.30. The van der Waals surface area contributed by atoms with Crippen LogP contribution in [-0.2, 0) is 14.3 Å². The molecule has 1 aliphatic rings. The third-order valence-electron chi connectivity index (χ3n) is 2.30. The van der Waals surface area contributed by atoms with E-state index in [0.29, 0.717) is 0 Å². The first kappa shape index (κ1) is 11.8. The van der Waals surface area contributed by atoms with E-state index in [-0.39, 0.29) is 12.8 Å². The van der Waals surface area contributed by atoms with Crippen molar-refractivity contribution in [2.24, 2.45) is 5.41 Å². The lowest BCUT2D eigenvalue weighted by atomic mass is 9.85. The largest absolute Gasteiger partial charge is 0.480 e. The van der Waals surface area contributed by atoms with Crippen molar-refractivity contribution in [3.05, 3.63) is 12.2 Å². The van der Waals surface area contributed by atoms with Crippen LogP contribution in [0.1, 0.15) is 33.6 Å². The van der Waals surface area contributed by atoms with Crippen molar-refractivity contribution in [3.8, 4) is 0 Å². The second-order valence-electron chi connectivity index (χ2n) is 4.77. The van der Waals surface area contributed by atoms with Crippen LogP contribution in [0.2, 0.25) is 0 Å². The van der Waals surface area contributed by atoms with Gasteiger partial charge in [-0.2, -0.15) is 0 Å². The van der Waals surface area contributed by atoms with Crippen molar-refractivity contribution in [2.45, 2.75) is 39.2 Å². The van der Waals surface area contributed by atoms with Crippen molar-refractivity contribution < 1.29 is 19.4 Å². The van der Waals surface area contributed by atoms with E-state index < -0.39 is 23.0 Å². The smallest absolute Gasteiger partial charge is 0.324 e. The summed E-state index contributed by atoms with van der Waals surface area (Å²) in [5.74, 6) is -1.76. The molecule has 15 heavy (non-hydrogen) atoms. The summed E-state index contributed by atoms with van der Waals surface area (Å²) in [6.07, 6.45) is 3.85. The van der Waals surface area contributed by atoms with E-state index in [1.54, 1.807) is 32.9 Å². The summed E-state index contributed by atoms with van der Waals surface area (Å²) in [5, 5.41) is 9.09. The van der Waals surface area contributed by atoms with E-state index in [2.05, 4.69) is 0 Å².